The third-order valence-corrected chi connectivity index (χ3v) is 3.46. The molecule has 0 radical (unpaired) electrons. The van der Waals surface area contributed by atoms with Crippen molar-refractivity contribution in [2.45, 2.75) is 31.9 Å². The molecule has 0 aliphatic rings. The minimum atomic E-state index is -0.376. The van der Waals surface area contributed by atoms with Gasteiger partial charge in [0.1, 0.15) is 0 Å². The molecule has 0 saturated carbocycles. The fourth-order valence-electron chi connectivity index (χ4n) is 0.626. The van der Waals surface area contributed by atoms with Crippen LogP contribution in [-0.2, 0) is 4.43 Å². The first kappa shape index (κ1) is 10.7. The normalized spacial score (nSPS) is 14.1. The summed E-state index contributed by atoms with van der Waals surface area (Å²) in [5, 5.41) is 0. The molecule has 0 aromatic rings. The van der Waals surface area contributed by atoms with Gasteiger partial charge in [-0.15, -0.1) is 13.2 Å². The van der Waals surface area contributed by atoms with Gasteiger partial charge in [-0.2, -0.15) is 0 Å². The van der Waals surface area contributed by atoms with Crippen molar-refractivity contribution in [2.24, 2.45) is 0 Å². The average molecular weight is 170 g/mol. The van der Waals surface area contributed by atoms with Crippen LogP contribution in [0.4, 0.5) is 0 Å². The minimum Gasteiger partial charge on any atom is -0.414 e. The first-order valence-electron chi connectivity index (χ1n) is 4.11. The second-order valence-corrected chi connectivity index (χ2v) is 4.84. The molecule has 0 fully saturated rings. The van der Waals surface area contributed by atoms with Crippen LogP contribution < -0.4 is 0 Å². The molecule has 1 unspecified atom stereocenters. The first-order valence-corrected chi connectivity index (χ1v) is 5.50. The molecular weight excluding hydrogens is 152 g/mol. The van der Waals surface area contributed by atoms with Crippen molar-refractivity contribution in [3.63, 3.8) is 0 Å². The Balaban J connectivity index is 3.49. The van der Waals surface area contributed by atoms with Crippen molar-refractivity contribution in [1.29, 1.82) is 0 Å². The predicted molar refractivity (Wildman–Crippen MR) is 53.5 cm³/mol. The molecule has 0 amide bonds. The highest BCUT2D eigenvalue weighted by molar-refractivity contribution is 6.29. The average Bonchev–Trinajstić information content (AvgIpc) is 2.06. The molecule has 0 N–H and O–H groups in total. The SMILES string of the molecule is C=CC(C=C)O[SiH2]C(C)CC. The maximum absolute atomic E-state index is 5.60. The van der Waals surface area contributed by atoms with E-state index < -0.39 is 0 Å². The van der Waals surface area contributed by atoms with Crippen molar-refractivity contribution in [2.75, 3.05) is 0 Å². The third kappa shape index (κ3) is 4.99. The molecule has 0 aliphatic carbocycles. The van der Waals surface area contributed by atoms with Gasteiger partial charge in [-0.1, -0.05) is 32.4 Å². The lowest BCUT2D eigenvalue weighted by Gasteiger charge is -2.12. The molecule has 0 aromatic heterocycles. The van der Waals surface area contributed by atoms with E-state index in [1.54, 1.807) is 12.2 Å². The Kier molecular flexibility index (Phi) is 6.17. The van der Waals surface area contributed by atoms with Crippen LogP contribution in [0.15, 0.2) is 25.3 Å². The highest BCUT2D eigenvalue weighted by Gasteiger charge is 2.02. The first-order chi connectivity index (χ1) is 5.24. The van der Waals surface area contributed by atoms with E-state index >= 15 is 0 Å². The Morgan fingerprint density at radius 1 is 1.45 bits per heavy atom. The minimum absolute atomic E-state index is 0.0793. The van der Waals surface area contributed by atoms with Gasteiger partial charge in [0.05, 0.1) is 6.10 Å². The molecule has 0 rings (SSSR count). The summed E-state index contributed by atoms with van der Waals surface area (Å²) < 4.78 is 5.60. The van der Waals surface area contributed by atoms with Gasteiger partial charge in [-0.05, 0) is 5.54 Å². The molecule has 0 saturated heterocycles. The fraction of sp³-hybridized carbons (Fsp3) is 0.556. The van der Waals surface area contributed by atoms with Crippen LogP contribution in [-0.4, -0.2) is 15.9 Å². The van der Waals surface area contributed by atoms with Gasteiger partial charge in [0, 0.05) is 0 Å². The molecular formula is C9H18OSi. The summed E-state index contributed by atoms with van der Waals surface area (Å²) in [5.41, 5.74) is 0.761. The van der Waals surface area contributed by atoms with Gasteiger partial charge >= 0.3 is 0 Å². The molecule has 0 spiro atoms. The Bertz CT molecular complexity index is 115. The zero-order valence-corrected chi connectivity index (χ0v) is 8.96. The zero-order chi connectivity index (χ0) is 8.69. The predicted octanol–water partition coefficient (Wildman–Crippen LogP) is 2.05. The molecule has 0 aromatic carbocycles. The molecule has 0 bridgehead atoms. The van der Waals surface area contributed by atoms with E-state index in [1.807, 2.05) is 0 Å². The summed E-state index contributed by atoms with van der Waals surface area (Å²) >= 11 is 0. The van der Waals surface area contributed by atoms with Crippen LogP contribution >= 0.6 is 0 Å². The van der Waals surface area contributed by atoms with Crippen molar-refractivity contribution in [3.05, 3.63) is 25.3 Å². The van der Waals surface area contributed by atoms with E-state index in [4.69, 9.17) is 4.43 Å². The van der Waals surface area contributed by atoms with Gasteiger partial charge < -0.3 is 4.43 Å². The van der Waals surface area contributed by atoms with Crippen LogP contribution in [0, 0.1) is 0 Å². The summed E-state index contributed by atoms with van der Waals surface area (Å²) in [7, 11) is -0.376. The van der Waals surface area contributed by atoms with E-state index in [1.165, 1.54) is 6.42 Å². The van der Waals surface area contributed by atoms with Crippen molar-refractivity contribution >= 4 is 9.76 Å². The lowest BCUT2D eigenvalue weighted by Crippen LogP contribution is -2.12. The van der Waals surface area contributed by atoms with Gasteiger partial charge in [-0.3, -0.25) is 0 Å². The molecule has 64 valence electrons. The topological polar surface area (TPSA) is 9.23 Å². The van der Waals surface area contributed by atoms with Crippen LogP contribution in [0.3, 0.4) is 0 Å². The highest BCUT2D eigenvalue weighted by Crippen LogP contribution is 2.07. The maximum Gasteiger partial charge on any atom is 0.165 e. The van der Waals surface area contributed by atoms with E-state index in [9.17, 15) is 0 Å². The van der Waals surface area contributed by atoms with E-state index in [0.717, 1.165) is 5.54 Å². The zero-order valence-electron chi connectivity index (χ0n) is 7.55. The number of rotatable bonds is 6. The molecule has 11 heavy (non-hydrogen) atoms. The molecule has 2 heteroatoms. The van der Waals surface area contributed by atoms with Gasteiger partial charge in [0.15, 0.2) is 9.76 Å². The molecule has 0 heterocycles. The van der Waals surface area contributed by atoms with Crippen LogP contribution in [0.25, 0.3) is 0 Å². The second kappa shape index (κ2) is 6.37. The second-order valence-electron chi connectivity index (χ2n) is 2.78. The Morgan fingerprint density at radius 3 is 2.36 bits per heavy atom. The highest BCUT2D eigenvalue weighted by atomic mass is 28.2. The van der Waals surface area contributed by atoms with Gasteiger partial charge in [0.25, 0.3) is 0 Å². The van der Waals surface area contributed by atoms with Gasteiger partial charge in [0.2, 0.25) is 0 Å². The summed E-state index contributed by atoms with van der Waals surface area (Å²) in [6, 6.07) is 0. The number of hydrogen-bond acceptors (Lipinski definition) is 1. The monoisotopic (exact) mass is 170 g/mol. The maximum atomic E-state index is 5.60. The smallest absolute Gasteiger partial charge is 0.165 e. The van der Waals surface area contributed by atoms with E-state index in [2.05, 4.69) is 27.0 Å². The van der Waals surface area contributed by atoms with Crippen molar-refractivity contribution in [3.8, 4) is 0 Å². The van der Waals surface area contributed by atoms with E-state index in [0.29, 0.717) is 0 Å². The van der Waals surface area contributed by atoms with Gasteiger partial charge in [-0.25, -0.2) is 0 Å². The van der Waals surface area contributed by atoms with Crippen LogP contribution in [0.5, 0.6) is 0 Å². The summed E-state index contributed by atoms with van der Waals surface area (Å²) in [4.78, 5) is 0. The standard InChI is InChI=1S/C9H18OSi/c1-5-8(4)11-10-9(6-2)7-3/h6-9H,2-3,5,11H2,1,4H3. The fourth-order valence-corrected chi connectivity index (χ4v) is 1.68. The summed E-state index contributed by atoms with van der Waals surface area (Å²) in [5.74, 6) is 0. The Hall–Kier alpha value is -0.343. The van der Waals surface area contributed by atoms with Crippen LogP contribution in [0.1, 0.15) is 20.3 Å². The number of hydrogen-bond donors (Lipinski definition) is 0. The third-order valence-electron chi connectivity index (χ3n) is 1.73. The Labute approximate surface area is 72.1 Å². The summed E-state index contributed by atoms with van der Waals surface area (Å²) in [6.07, 6.45) is 4.88. The quantitative estimate of drug-likeness (QED) is 0.438. The molecule has 1 nitrogen and oxygen atoms in total. The van der Waals surface area contributed by atoms with Crippen LogP contribution in [0.2, 0.25) is 5.54 Å². The Morgan fingerprint density at radius 2 is 2.00 bits per heavy atom. The summed E-state index contributed by atoms with van der Waals surface area (Å²) in [6.45, 7) is 11.7. The molecule has 1 atom stereocenters. The molecule has 0 aliphatic heterocycles. The van der Waals surface area contributed by atoms with E-state index in [-0.39, 0.29) is 15.9 Å². The van der Waals surface area contributed by atoms with Crippen molar-refractivity contribution < 1.29 is 4.43 Å². The lowest BCUT2D eigenvalue weighted by molar-refractivity contribution is 0.308. The largest absolute Gasteiger partial charge is 0.414 e. The lowest BCUT2D eigenvalue weighted by atomic mass is 10.4. The van der Waals surface area contributed by atoms with Crippen molar-refractivity contribution in [1.82, 2.24) is 0 Å².